The van der Waals surface area contributed by atoms with Crippen molar-refractivity contribution in [3.8, 4) is 11.4 Å². The first-order valence-corrected chi connectivity index (χ1v) is 7.50. The maximum absolute atomic E-state index is 13.4. The summed E-state index contributed by atoms with van der Waals surface area (Å²) < 4.78 is 37.9. The molecule has 0 unspecified atom stereocenters. The third-order valence-electron chi connectivity index (χ3n) is 2.88. The Morgan fingerprint density at radius 1 is 1.30 bits per heavy atom. The van der Waals surface area contributed by atoms with E-state index in [-0.39, 0.29) is 17.0 Å². The van der Waals surface area contributed by atoms with Crippen LogP contribution in [0.1, 0.15) is 25.5 Å². The van der Waals surface area contributed by atoms with Crippen LogP contribution < -0.4 is 5.14 Å². The van der Waals surface area contributed by atoms with Gasteiger partial charge in [0.05, 0.1) is 0 Å². The van der Waals surface area contributed by atoms with Gasteiger partial charge in [-0.05, 0) is 38.5 Å². The Labute approximate surface area is 116 Å². The van der Waals surface area contributed by atoms with Crippen LogP contribution in [0, 0.1) is 12.7 Å². The van der Waals surface area contributed by atoms with Crippen molar-refractivity contribution in [2.24, 2.45) is 5.14 Å². The Morgan fingerprint density at radius 2 is 1.95 bits per heavy atom. The third kappa shape index (κ3) is 2.56. The molecule has 0 saturated heterocycles. The van der Waals surface area contributed by atoms with E-state index in [2.05, 4.69) is 10.2 Å². The lowest BCUT2D eigenvalue weighted by molar-refractivity contribution is 0.524. The molecule has 0 atom stereocenters. The topological polar surface area (TPSA) is 90.9 Å². The third-order valence-corrected chi connectivity index (χ3v) is 3.66. The number of aryl methyl sites for hydroxylation is 1. The van der Waals surface area contributed by atoms with E-state index in [1.54, 1.807) is 26.8 Å². The number of nitrogens with two attached hydrogens (primary N) is 1. The molecule has 0 amide bonds. The van der Waals surface area contributed by atoms with Gasteiger partial charge in [0, 0.05) is 11.6 Å². The summed E-state index contributed by atoms with van der Waals surface area (Å²) in [5, 5.41) is 12.3. The number of nitrogens with zero attached hydrogens (tertiary/aromatic N) is 3. The number of rotatable bonds is 3. The van der Waals surface area contributed by atoms with Gasteiger partial charge in [0.1, 0.15) is 5.82 Å². The summed E-state index contributed by atoms with van der Waals surface area (Å²) in [5.41, 5.74) is 1.25. The molecule has 0 fully saturated rings. The molecule has 1 heterocycles. The van der Waals surface area contributed by atoms with Crippen molar-refractivity contribution < 1.29 is 12.8 Å². The van der Waals surface area contributed by atoms with Gasteiger partial charge in [-0.1, -0.05) is 6.07 Å². The van der Waals surface area contributed by atoms with Crippen LogP contribution in [-0.4, -0.2) is 23.2 Å². The SMILES string of the molecule is Cc1ccc(F)cc1-c1nnc(S(N)(=O)=O)n1C(C)C. The van der Waals surface area contributed by atoms with Crippen LogP contribution in [-0.2, 0) is 10.0 Å². The van der Waals surface area contributed by atoms with Crippen LogP contribution >= 0.6 is 0 Å². The molecular formula is C12H15FN4O2S. The van der Waals surface area contributed by atoms with Crippen molar-refractivity contribution in [2.75, 3.05) is 0 Å². The Kier molecular flexibility index (Phi) is 3.61. The van der Waals surface area contributed by atoms with Gasteiger partial charge in [0.15, 0.2) is 5.82 Å². The molecule has 0 aliphatic carbocycles. The van der Waals surface area contributed by atoms with E-state index >= 15 is 0 Å². The minimum Gasteiger partial charge on any atom is -0.294 e. The molecule has 0 aliphatic heterocycles. The van der Waals surface area contributed by atoms with E-state index in [1.165, 1.54) is 16.7 Å². The van der Waals surface area contributed by atoms with Crippen molar-refractivity contribution in [1.82, 2.24) is 14.8 Å². The molecule has 2 aromatic rings. The van der Waals surface area contributed by atoms with Gasteiger partial charge < -0.3 is 0 Å². The fraction of sp³-hybridized carbons (Fsp3) is 0.333. The highest BCUT2D eigenvalue weighted by molar-refractivity contribution is 7.89. The zero-order chi connectivity index (χ0) is 15.1. The number of sulfonamides is 1. The van der Waals surface area contributed by atoms with Crippen molar-refractivity contribution in [2.45, 2.75) is 32.0 Å². The number of hydrogen-bond acceptors (Lipinski definition) is 4. The first-order valence-electron chi connectivity index (χ1n) is 5.96. The average molecular weight is 298 g/mol. The predicted molar refractivity (Wildman–Crippen MR) is 71.9 cm³/mol. The molecule has 0 radical (unpaired) electrons. The number of hydrogen-bond donors (Lipinski definition) is 1. The van der Waals surface area contributed by atoms with Crippen LogP contribution in [0.15, 0.2) is 23.4 Å². The fourth-order valence-electron chi connectivity index (χ4n) is 1.96. The Hall–Kier alpha value is -1.80. The van der Waals surface area contributed by atoms with Gasteiger partial charge in [-0.2, -0.15) is 0 Å². The van der Waals surface area contributed by atoms with Crippen molar-refractivity contribution >= 4 is 10.0 Å². The normalized spacial score (nSPS) is 12.1. The average Bonchev–Trinajstić information content (AvgIpc) is 2.76. The van der Waals surface area contributed by atoms with Crippen LogP contribution in [0.2, 0.25) is 0 Å². The lowest BCUT2D eigenvalue weighted by Crippen LogP contribution is -2.20. The fourth-order valence-corrected chi connectivity index (χ4v) is 2.68. The first kappa shape index (κ1) is 14.6. The zero-order valence-electron chi connectivity index (χ0n) is 11.3. The van der Waals surface area contributed by atoms with Gasteiger partial charge >= 0.3 is 0 Å². The standard InChI is InChI=1S/C12H15FN4O2S/c1-7(2)17-11(15-16-12(17)20(14,18)19)10-6-9(13)5-4-8(10)3/h4-7H,1-3H3,(H2,14,18,19). The molecule has 2 rings (SSSR count). The molecule has 108 valence electrons. The summed E-state index contributed by atoms with van der Waals surface area (Å²) in [7, 11) is -3.99. The number of aromatic nitrogens is 3. The van der Waals surface area contributed by atoms with Crippen LogP contribution in [0.3, 0.4) is 0 Å². The molecule has 6 nitrogen and oxygen atoms in total. The molecule has 0 aliphatic rings. The lowest BCUT2D eigenvalue weighted by Gasteiger charge is -2.14. The monoisotopic (exact) mass is 298 g/mol. The van der Waals surface area contributed by atoms with E-state index in [4.69, 9.17) is 5.14 Å². The van der Waals surface area contributed by atoms with E-state index in [0.717, 1.165) is 5.56 Å². The highest BCUT2D eigenvalue weighted by atomic mass is 32.2. The van der Waals surface area contributed by atoms with Crippen LogP contribution in [0.4, 0.5) is 4.39 Å². The van der Waals surface area contributed by atoms with E-state index in [1.807, 2.05) is 0 Å². The minimum absolute atomic E-state index is 0.240. The van der Waals surface area contributed by atoms with Gasteiger partial charge in [0.2, 0.25) is 0 Å². The summed E-state index contributed by atoms with van der Waals surface area (Å²) in [6, 6.07) is 3.98. The Bertz CT molecular complexity index is 753. The smallest absolute Gasteiger partial charge is 0.273 e. The zero-order valence-corrected chi connectivity index (χ0v) is 12.1. The van der Waals surface area contributed by atoms with E-state index in [9.17, 15) is 12.8 Å². The highest BCUT2D eigenvalue weighted by Crippen LogP contribution is 2.27. The molecule has 1 aromatic heterocycles. The largest absolute Gasteiger partial charge is 0.294 e. The molecule has 0 spiro atoms. The Morgan fingerprint density at radius 3 is 2.50 bits per heavy atom. The van der Waals surface area contributed by atoms with Crippen LogP contribution in [0.5, 0.6) is 0 Å². The summed E-state index contributed by atoms with van der Waals surface area (Å²) in [4.78, 5) is 0. The predicted octanol–water partition coefficient (Wildman–Crippen LogP) is 1.62. The lowest BCUT2D eigenvalue weighted by atomic mass is 10.1. The van der Waals surface area contributed by atoms with E-state index in [0.29, 0.717) is 5.56 Å². The maximum atomic E-state index is 13.4. The van der Waals surface area contributed by atoms with Gasteiger partial charge in [-0.25, -0.2) is 17.9 Å². The number of benzene rings is 1. The second-order valence-electron chi connectivity index (χ2n) is 4.77. The minimum atomic E-state index is -3.99. The Balaban J connectivity index is 2.76. The maximum Gasteiger partial charge on any atom is 0.273 e. The highest BCUT2D eigenvalue weighted by Gasteiger charge is 2.24. The van der Waals surface area contributed by atoms with Crippen LogP contribution in [0.25, 0.3) is 11.4 Å². The van der Waals surface area contributed by atoms with Gasteiger partial charge in [-0.15, -0.1) is 10.2 Å². The van der Waals surface area contributed by atoms with Gasteiger partial charge in [-0.3, -0.25) is 4.57 Å². The summed E-state index contributed by atoms with van der Waals surface area (Å²) >= 11 is 0. The molecule has 0 saturated carbocycles. The second kappa shape index (κ2) is 4.95. The molecule has 1 aromatic carbocycles. The van der Waals surface area contributed by atoms with Gasteiger partial charge in [0.25, 0.3) is 15.2 Å². The molecule has 20 heavy (non-hydrogen) atoms. The molecule has 2 N–H and O–H groups in total. The second-order valence-corrected chi connectivity index (χ2v) is 6.23. The number of halogens is 1. The number of primary sulfonamides is 1. The summed E-state index contributed by atoms with van der Waals surface area (Å²) in [6.07, 6.45) is 0. The summed E-state index contributed by atoms with van der Waals surface area (Å²) in [6.45, 7) is 5.33. The van der Waals surface area contributed by atoms with Crippen molar-refractivity contribution in [1.29, 1.82) is 0 Å². The summed E-state index contributed by atoms with van der Waals surface area (Å²) in [5.74, 6) is -0.151. The van der Waals surface area contributed by atoms with Crippen molar-refractivity contribution in [3.05, 3.63) is 29.6 Å². The van der Waals surface area contributed by atoms with Crippen molar-refractivity contribution in [3.63, 3.8) is 0 Å². The molecular weight excluding hydrogens is 283 g/mol. The molecule has 0 bridgehead atoms. The molecule has 8 heteroatoms. The first-order chi connectivity index (χ1) is 9.21. The quantitative estimate of drug-likeness (QED) is 0.932. The van der Waals surface area contributed by atoms with E-state index < -0.39 is 15.8 Å².